The highest BCUT2D eigenvalue weighted by Crippen LogP contribution is 2.39. The Kier molecular flexibility index (Phi) is 5.97. The van der Waals surface area contributed by atoms with Crippen LogP contribution in [0.15, 0.2) is 77.7 Å². The first kappa shape index (κ1) is 22.4. The number of benzene rings is 3. The van der Waals surface area contributed by atoms with Crippen LogP contribution in [0, 0.1) is 0 Å². The van der Waals surface area contributed by atoms with Crippen molar-refractivity contribution < 1.29 is 27.4 Å². The van der Waals surface area contributed by atoms with Crippen molar-refractivity contribution in [2.75, 3.05) is 24.0 Å². The Balaban J connectivity index is 1.34. The summed E-state index contributed by atoms with van der Waals surface area (Å²) >= 11 is 6.13. The van der Waals surface area contributed by atoms with Gasteiger partial charge in [-0.25, -0.2) is 8.42 Å². The zero-order valence-electron chi connectivity index (χ0n) is 17.9. The molecule has 0 fully saturated rings. The number of anilines is 1. The minimum atomic E-state index is -3.96. The second kappa shape index (κ2) is 9.08. The van der Waals surface area contributed by atoms with Gasteiger partial charge in [0.05, 0.1) is 23.7 Å². The number of para-hydroxylation sites is 2. The Morgan fingerprint density at radius 1 is 0.971 bits per heavy atom. The van der Waals surface area contributed by atoms with Gasteiger partial charge in [-0.05, 0) is 42.5 Å². The van der Waals surface area contributed by atoms with Crippen molar-refractivity contribution in [2.45, 2.75) is 17.1 Å². The van der Waals surface area contributed by atoms with Crippen LogP contribution in [0.3, 0.4) is 0 Å². The monoisotopic (exact) mass is 500 g/mol. The van der Waals surface area contributed by atoms with Crippen molar-refractivity contribution >= 4 is 33.2 Å². The maximum Gasteiger partial charge on any atom is 0.264 e. The molecule has 3 aromatic carbocycles. The number of halogens is 1. The first-order valence-corrected chi connectivity index (χ1v) is 12.4. The van der Waals surface area contributed by atoms with Crippen LogP contribution in [0.4, 0.5) is 5.69 Å². The van der Waals surface area contributed by atoms with Crippen molar-refractivity contribution in [1.29, 1.82) is 0 Å². The number of carbonyl (C=O) groups excluding carboxylic acids is 1. The van der Waals surface area contributed by atoms with Crippen molar-refractivity contribution in [3.05, 3.63) is 77.8 Å². The number of rotatable bonds is 5. The Labute approximate surface area is 202 Å². The van der Waals surface area contributed by atoms with Gasteiger partial charge in [0.15, 0.2) is 17.6 Å². The summed E-state index contributed by atoms with van der Waals surface area (Å²) in [6, 6.07) is 20.0. The van der Waals surface area contributed by atoms with E-state index in [1.165, 1.54) is 18.2 Å². The van der Waals surface area contributed by atoms with Crippen LogP contribution in [0.5, 0.6) is 17.2 Å². The number of nitrogens with zero attached hydrogens (tertiary/aromatic N) is 1. The molecule has 3 aromatic rings. The maximum absolute atomic E-state index is 13.4. The fraction of sp³-hybridized carbons (Fsp3) is 0.208. The molecular weight excluding hydrogens is 480 g/mol. The molecule has 0 saturated carbocycles. The summed E-state index contributed by atoms with van der Waals surface area (Å²) in [6.07, 6.45) is -1.46. The van der Waals surface area contributed by atoms with Crippen LogP contribution in [-0.2, 0) is 14.8 Å². The zero-order valence-corrected chi connectivity index (χ0v) is 19.5. The molecule has 1 amide bonds. The molecule has 2 atom stereocenters. The number of carbonyl (C=O) groups is 1. The van der Waals surface area contributed by atoms with Crippen LogP contribution in [0.25, 0.3) is 0 Å². The van der Waals surface area contributed by atoms with E-state index in [0.717, 1.165) is 4.31 Å². The second-order valence-corrected chi connectivity index (χ2v) is 10.1. The van der Waals surface area contributed by atoms with Gasteiger partial charge >= 0.3 is 0 Å². The molecule has 0 saturated heterocycles. The average molecular weight is 501 g/mol. The highest BCUT2D eigenvalue weighted by atomic mass is 35.5. The lowest BCUT2D eigenvalue weighted by Gasteiger charge is -2.35. The van der Waals surface area contributed by atoms with Gasteiger partial charge in [-0.1, -0.05) is 41.9 Å². The van der Waals surface area contributed by atoms with E-state index in [1.54, 1.807) is 36.4 Å². The third-order valence-electron chi connectivity index (χ3n) is 5.49. The fourth-order valence-corrected chi connectivity index (χ4v) is 5.46. The topological polar surface area (TPSA) is 94.2 Å². The van der Waals surface area contributed by atoms with Gasteiger partial charge in [0.25, 0.3) is 15.9 Å². The average Bonchev–Trinajstić information content (AvgIpc) is 2.87. The standard InChI is InChI=1S/C24H21ClN2O6S/c25-16-10-11-20-19(12-16)27(34(29,30)18-6-2-1-3-7-18)14-23(33-20)24(28)26-13-17-15-31-21-8-4-5-9-22(21)32-17/h1-12,17,23H,13-15H2,(H,26,28)/t17-,23+/m0/s1. The van der Waals surface area contributed by atoms with Crippen molar-refractivity contribution in [2.24, 2.45) is 0 Å². The third-order valence-corrected chi connectivity index (χ3v) is 7.51. The predicted molar refractivity (Wildman–Crippen MR) is 126 cm³/mol. The zero-order chi connectivity index (χ0) is 23.7. The molecule has 0 unspecified atom stereocenters. The summed E-state index contributed by atoms with van der Waals surface area (Å²) in [5.41, 5.74) is 0.279. The SMILES string of the molecule is O=C(NC[C@H]1COc2ccccc2O1)[C@H]1CN(S(=O)(=O)c2ccccc2)c2cc(Cl)ccc2O1. The molecule has 0 spiro atoms. The van der Waals surface area contributed by atoms with E-state index >= 15 is 0 Å². The van der Waals surface area contributed by atoms with Gasteiger partial charge < -0.3 is 19.5 Å². The van der Waals surface area contributed by atoms with Gasteiger partial charge in [-0.3, -0.25) is 9.10 Å². The normalized spacial score (nSPS) is 19.0. The van der Waals surface area contributed by atoms with E-state index in [9.17, 15) is 13.2 Å². The lowest BCUT2D eigenvalue weighted by molar-refractivity contribution is -0.128. The van der Waals surface area contributed by atoms with Gasteiger partial charge in [0.2, 0.25) is 0 Å². The summed E-state index contributed by atoms with van der Waals surface area (Å²) in [7, 11) is -3.96. The summed E-state index contributed by atoms with van der Waals surface area (Å²) in [5, 5.41) is 3.15. The minimum Gasteiger partial charge on any atom is -0.486 e. The Hall–Kier alpha value is -3.43. The predicted octanol–water partition coefficient (Wildman–Crippen LogP) is 3.25. The molecule has 8 nitrogen and oxygen atoms in total. The smallest absolute Gasteiger partial charge is 0.264 e. The molecule has 34 heavy (non-hydrogen) atoms. The highest BCUT2D eigenvalue weighted by Gasteiger charge is 2.38. The molecule has 0 aromatic heterocycles. The van der Waals surface area contributed by atoms with Crippen LogP contribution in [-0.4, -0.2) is 46.2 Å². The van der Waals surface area contributed by atoms with E-state index in [0.29, 0.717) is 16.5 Å². The maximum atomic E-state index is 13.4. The van der Waals surface area contributed by atoms with E-state index in [2.05, 4.69) is 5.32 Å². The van der Waals surface area contributed by atoms with Gasteiger partial charge in [0.1, 0.15) is 18.5 Å². The molecule has 0 aliphatic carbocycles. The van der Waals surface area contributed by atoms with Crippen molar-refractivity contribution in [3.8, 4) is 17.2 Å². The van der Waals surface area contributed by atoms with Crippen LogP contribution < -0.4 is 23.8 Å². The minimum absolute atomic E-state index is 0.105. The summed E-state index contributed by atoms with van der Waals surface area (Å²) in [5.74, 6) is 1.04. The quantitative estimate of drug-likeness (QED) is 0.578. The second-order valence-electron chi connectivity index (χ2n) is 7.81. The van der Waals surface area contributed by atoms with Gasteiger partial charge in [0, 0.05) is 5.02 Å². The Bertz CT molecular complexity index is 1320. The number of ether oxygens (including phenoxy) is 3. The lowest BCUT2D eigenvalue weighted by Crippen LogP contribution is -2.52. The van der Waals surface area contributed by atoms with Crippen molar-refractivity contribution in [1.82, 2.24) is 5.32 Å². The first-order chi connectivity index (χ1) is 16.4. The summed E-state index contributed by atoms with van der Waals surface area (Å²) < 4.78 is 45.4. The number of sulfonamides is 1. The Morgan fingerprint density at radius 2 is 1.71 bits per heavy atom. The molecule has 0 bridgehead atoms. The summed E-state index contributed by atoms with van der Waals surface area (Å²) in [6.45, 7) is 0.242. The van der Waals surface area contributed by atoms with Crippen LogP contribution in [0.2, 0.25) is 5.02 Å². The van der Waals surface area contributed by atoms with Crippen molar-refractivity contribution in [3.63, 3.8) is 0 Å². The van der Waals surface area contributed by atoms with Crippen LogP contribution >= 0.6 is 11.6 Å². The van der Waals surface area contributed by atoms with E-state index < -0.39 is 28.1 Å². The molecule has 2 aliphatic rings. The van der Waals surface area contributed by atoms with Gasteiger partial charge in [-0.15, -0.1) is 0 Å². The highest BCUT2D eigenvalue weighted by molar-refractivity contribution is 7.92. The molecule has 176 valence electrons. The number of hydrogen-bond acceptors (Lipinski definition) is 6. The number of hydrogen-bond donors (Lipinski definition) is 1. The number of fused-ring (bicyclic) bond motifs is 2. The molecular formula is C24H21ClN2O6S. The van der Waals surface area contributed by atoms with E-state index in [1.807, 2.05) is 18.2 Å². The Morgan fingerprint density at radius 3 is 2.50 bits per heavy atom. The van der Waals surface area contributed by atoms with Crippen LogP contribution in [0.1, 0.15) is 0 Å². The fourth-order valence-electron chi connectivity index (χ4n) is 3.80. The molecule has 0 radical (unpaired) electrons. The molecule has 1 N–H and O–H groups in total. The molecule has 5 rings (SSSR count). The third kappa shape index (κ3) is 4.36. The molecule has 2 aliphatic heterocycles. The summed E-state index contributed by atoms with van der Waals surface area (Å²) in [4.78, 5) is 13.1. The first-order valence-electron chi connectivity index (χ1n) is 10.6. The lowest BCUT2D eigenvalue weighted by atomic mass is 10.2. The number of nitrogens with one attached hydrogen (secondary N) is 1. The molecule has 2 heterocycles. The van der Waals surface area contributed by atoms with E-state index in [-0.39, 0.29) is 36.0 Å². The van der Waals surface area contributed by atoms with E-state index in [4.69, 9.17) is 25.8 Å². The largest absolute Gasteiger partial charge is 0.486 e. The number of amides is 1. The molecule has 10 heteroatoms. The van der Waals surface area contributed by atoms with Gasteiger partial charge in [-0.2, -0.15) is 0 Å².